The highest BCUT2D eigenvalue weighted by Crippen LogP contribution is 2.28. The summed E-state index contributed by atoms with van der Waals surface area (Å²) >= 11 is 9.13. The van der Waals surface area contributed by atoms with Crippen molar-refractivity contribution >= 4 is 46.3 Å². The van der Waals surface area contributed by atoms with Crippen LogP contribution in [-0.2, 0) is 11.3 Å². The lowest BCUT2D eigenvalue weighted by atomic mass is 10.2. The van der Waals surface area contributed by atoms with Crippen LogP contribution in [0.1, 0.15) is 11.1 Å². The van der Waals surface area contributed by atoms with Crippen molar-refractivity contribution < 1.29 is 4.79 Å². The van der Waals surface area contributed by atoms with Crippen LogP contribution in [0.5, 0.6) is 0 Å². The predicted octanol–water partition coefficient (Wildman–Crippen LogP) is 5.75. The Hall–Kier alpha value is -2.61. The first-order valence-corrected chi connectivity index (χ1v) is 11.5. The van der Waals surface area contributed by atoms with Crippen molar-refractivity contribution in [2.24, 2.45) is 0 Å². The minimum atomic E-state index is -0.114. The maximum Gasteiger partial charge on any atom is 0.234 e. The third-order valence-corrected chi connectivity index (χ3v) is 6.76. The van der Waals surface area contributed by atoms with E-state index < -0.39 is 0 Å². The van der Waals surface area contributed by atoms with E-state index in [1.165, 1.54) is 11.8 Å². The van der Waals surface area contributed by atoms with Crippen LogP contribution in [0.4, 0.5) is 5.69 Å². The van der Waals surface area contributed by atoms with Crippen LogP contribution >= 0.6 is 34.7 Å². The summed E-state index contributed by atoms with van der Waals surface area (Å²) in [5.41, 5.74) is 2.72. The van der Waals surface area contributed by atoms with Gasteiger partial charge in [0.1, 0.15) is 0 Å². The quantitative estimate of drug-likeness (QED) is 0.361. The van der Waals surface area contributed by atoms with Gasteiger partial charge in [0.2, 0.25) is 5.91 Å². The van der Waals surface area contributed by atoms with Crippen LogP contribution in [0.15, 0.2) is 71.2 Å². The molecule has 0 saturated carbocycles. The fourth-order valence-electron chi connectivity index (χ4n) is 2.95. The molecular weight excluding hydrogens is 436 g/mol. The number of nitrogens with one attached hydrogen (secondary N) is 1. The molecule has 1 amide bonds. The second-order valence-electron chi connectivity index (χ2n) is 6.60. The standard InChI is InChI=1S/C22H19ClN4OS2/c1-15-17(23)9-5-10-18(15)24-20(28)14-30-22-26-25-21(19-11-6-12-29-19)27(22)13-16-7-3-2-4-8-16/h2-12H,13-14H2,1H3,(H,24,28). The molecule has 0 bridgehead atoms. The number of nitrogens with zero attached hydrogens (tertiary/aromatic N) is 3. The number of hydrogen-bond donors (Lipinski definition) is 1. The molecule has 2 aromatic carbocycles. The van der Waals surface area contributed by atoms with Gasteiger partial charge in [0.25, 0.3) is 0 Å². The molecule has 152 valence electrons. The van der Waals surface area contributed by atoms with Gasteiger partial charge in [0, 0.05) is 10.7 Å². The SMILES string of the molecule is Cc1c(Cl)cccc1NC(=O)CSc1nnc(-c2cccs2)n1Cc1ccccc1. The monoisotopic (exact) mass is 454 g/mol. The van der Waals surface area contributed by atoms with Crippen LogP contribution in [0, 0.1) is 6.92 Å². The Kier molecular flexibility index (Phi) is 6.52. The Bertz CT molecular complexity index is 1140. The Labute approximate surface area is 188 Å². The molecule has 0 unspecified atom stereocenters. The summed E-state index contributed by atoms with van der Waals surface area (Å²) in [5.74, 6) is 0.920. The molecule has 4 aromatic rings. The van der Waals surface area contributed by atoms with Crippen LogP contribution in [0.25, 0.3) is 10.7 Å². The van der Waals surface area contributed by atoms with Gasteiger partial charge in [-0.15, -0.1) is 21.5 Å². The Balaban J connectivity index is 1.52. The summed E-state index contributed by atoms with van der Waals surface area (Å²) in [7, 11) is 0. The minimum absolute atomic E-state index is 0.114. The average molecular weight is 455 g/mol. The number of rotatable bonds is 7. The number of aromatic nitrogens is 3. The van der Waals surface area contributed by atoms with E-state index in [1.54, 1.807) is 17.4 Å². The van der Waals surface area contributed by atoms with Gasteiger partial charge in [-0.2, -0.15) is 0 Å². The second-order valence-corrected chi connectivity index (χ2v) is 8.90. The zero-order valence-corrected chi connectivity index (χ0v) is 18.6. The molecule has 0 fully saturated rings. The van der Waals surface area contributed by atoms with Gasteiger partial charge < -0.3 is 5.32 Å². The molecular formula is C22H19ClN4OS2. The lowest BCUT2D eigenvalue weighted by Crippen LogP contribution is -2.15. The molecule has 0 atom stereocenters. The molecule has 1 N–H and O–H groups in total. The Morgan fingerprint density at radius 2 is 1.93 bits per heavy atom. The van der Waals surface area contributed by atoms with Gasteiger partial charge in [-0.05, 0) is 41.6 Å². The summed E-state index contributed by atoms with van der Waals surface area (Å²) in [6, 6.07) is 19.7. The fourth-order valence-corrected chi connectivity index (χ4v) is 4.58. The van der Waals surface area contributed by atoms with Crippen LogP contribution in [0.3, 0.4) is 0 Å². The van der Waals surface area contributed by atoms with Crippen molar-refractivity contribution in [3.63, 3.8) is 0 Å². The van der Waals surface area contributed by atoms with E-state index in [-0.39, 0.29) is 11.7 Å². The predicted molar refractivity (Wildman–Crippen MR) is 124 cm³/mol. The number of carbonyl (C=O) groups is 1. The van der Waals surface area contributed by atoms with Crippen molar-refractivity contribution in [3.8, 4) is 10.7 Å². The lowest BCUT2D eigenvalue weighted by molar-refractivity contribution is -0.113. The molecule has 30 heavy (non-hydrogen) atoms. The zero-order chi connectivity index (χ0) is 20.9. The van der Waals surface area contributed by atoms with E-state index >= 15 is 0 Å². The van der Waals surface area contributed by atoms with Gasteiger partial charge in [0.05, 0.1) is 17.2 Å². The molecule has 0 aliphatic heterocycles. The van der Waals surface area contributed by atoms with Crippen molar-refractivity contribution in [1.29, 1.82) is 0 Å². The highest BCUT2D eigenvalue weighted by Gasteiger charge is 2.17. The van der Waals surface area contributed by atoms with Crippen molar-refractivity contribution in [3.05, 3.63) is 82.2 Å². The van der Waals surface area contributed by atoms with E-state index in [2.05, 4.69) is 32.2 Å². The Morgan fingerprint density at radius 1 is 1.10 bits per heavy atom. The molecule has 0 aliphatic rings. The smallest absolute Gasteiger partial charge is 0.234 e. The summed E-state index contributed by atoms with van der Waals surface area (Å²) in [6.45, 7) is 2.52. The third-order valence-electron chi connectivity index (χ3n) is 4.52. The van der Waals surface area contributed by atoms with Crippen LogP contribution < -0.4 is 5.32 Å². The van der Waals surface area contributed by atoms with Crippen molar-refractivity contribution in [2.75, 3.05) is 11.1 Å². The molecule has 2 heterocycles. The number of amides is 1. The largest absolute Gasteiger partial charge is 0.325 e. The molecule has 5 nitrogen and oxygen atoms in total. The minimum Gasteiger partial charge on any atom is -0.325 e. The summed E-state index contributed by atoms with van der Waals surface area (Å²) in [5, 5.41) is 15.0. The molecule has 0 aliphatic carbocycles. The van der Waals surface area contributed by atoms with Crippen LogP contribution in [-0.4, -0.2) is 26.4 Å². The Morgan fingerprint density at radius 3 is 2.70 bits per heavy atom. The van der Waals surface area contributed by atoms with E-state index in [0.717, 1.165) is 27.5 Å². The number of carbonyl (C=O) groups excluding carboxylic acids is 1. The van der Waals surface area contributed by atoms with Crippen molar-refractivity contribution in [1.82, 2.24) is 14.8 Å². The summed E-state index contributed by atoms with van der Waals surface area (Å²) in [6.07, 6.45) is 0. The molecule has 8 heteroatoms. The molecule has 4 rings (SSSR count). The number of anilines is 1. The van der Waals surface area contributed by atoms with Gasteiger partial charge >= 0.3 is 0 Å². The first-order valence-electron chi connectivity index (χ1n) is 9.30. The normalized spacial score (nSPS) is 10.9. The van der Waals surface area contributed by atoms with E-state index in [0.29, 0.717) is 16.7 Å². The number of benzene rings is 2. The molecule has 2 aromatic heterocycles. The van der Waals surface area contributed by atoms with Crippen LogP contribution in [0.2, 0.25) is 5.02 Å². The number of thiophene rings is 1. The first kappa shape index (κ1) is 20.7. The third kappa shape index (κ3) is 4.75. The van der Waals surface area contributed by atoms with Gasteiger partial charge in [-0.25, -0.2) is 0 Å². The topological polar surface area (TPSA) is 59.8 Å². The molecule has 0 saturated heterocycles. The maximum atomic E-state index is 12.5. The summed E-state index contributed by atoms with van der Waals surface area (Å²) < 4.78 is 2.06. The lowest BCUT2D eigenvalue weighted by Gasteiger charge is -2.11. The number of hydrogen-bond acceptors (Lipinski definition) is 5. The first-order chi connectivity index (χ1) is 14.6. The zero-order valence-electron chi connectivity index (χ0n) is 16.2. The molecule has 0 radical (unpaired) electrons. The van der Waals surface area contributed by atoms with Crippen molar-refractivity contribution in [2.45, 2.75) is 18.6 Å². The maximum absolute atomic E-state index is 12.5. The van der Waals surface area contributed by atoms with E-state index in [4.69, 9.17) is 11.6 Å². The number of halogens is 1. The van der Waals surface area contributed by atoms with E-state index in [9.17, 15) is 4.79 Å². The average Bonchev–Trinajstić information content (AvgIpc) is 3.41. The fraction of sp³-hybridized carbons (Fsp3) is 0.136. The van der Waals surface area contributed by atoms with Gasteiger partial charge in [-0.3, -0.25) is 9.36 Å². The number of thioether (sulfide) groups is 1. The molecule has 0 spiro atoms. The second kappa shape index (κ2) is 9.47. The highest BCUT2D eigenvalue weighted by molar-refractivity contribution is 7.99. The summed E-state index contributed by atoms with van der Waals surface area (Å²) in [4.78, 5) is 13.6. The highest BCUT2D eigenvalue weighted by atomic mass is 35.5. The van der Waals surface area contributed by atoms with E-state index in [1.807, 2.05) is 54.8 Å². The van der Waals surface area contributed by atoms with Gasteiger partial charge in [-0.1, -0.05) is 65.8 Å². The van der Waals surface area contributed by atoms with Gasteiger partial charge in [0.15, 0.2) is 11.0 Å².